The Kier molecular flexibility index (Phi) is 3.87. The second kappa shape index (κ2) is 5.82. The van der Waals surface area contributed by atoms with Crippen LogP contribution in [0.15, 0.2) is 53.6 Å². The highest BCUT2D eigenvalue weighted by Gasteiger charge is 2.36. The fourth-order valence-corrected chi connectivity index (χ4v) is 2.58. The molecule has 114 valence electrons. The first-order valence-electron chi connectivity index (χ1n) is 6.63. The van der Waals surface area contributed by atoms with Crippen molar-refractivity contribution in [1.29, 1.82) is 0 Å². The lowest BCUT2D eigenvalue weighted by molar-refractivity contribution is -0.137. The number of nitrogens with zero attached hydrogens (tertiary/aromatic N) is 2. The molecular weight excluding hydrogens is 306 g/mol. The maximum atomic E-state index is 11.9. The molecular formula is C15H14ClN3O3. The summed E-state index contributed by atoms with van der Waals surface area (Å²) in [5, 5.41) is 13.3. The highest BCUT2D eigenvalue weighted by Crippen LogP contribution is 2.31. The lowest BCUT2D eigenvalue weighted by Gasteiger charge is -2.25. The molecule has 1 atom stereocenters. The molecule has 2 aliphatic heterocycles. The van der Waals surface area contributed by atoms with Crippen LogP contribution in [0.5, 0.6) is 0 Å². The molecule has 6 nitrogen and oxygen atoms in total. The van der Waals surface area contributed by atoms with Crippen molar-refractivity contribution in [3.63, 3.8) is 0 Å². The Labute approximate surface area is 132 Å². The van der Waals surface area contributed by atoms with Gasteiger partial charge in [0.05, 0.1) is 18.5 Å². The number of ether oxygens (including phenoxy) is 1. The molecule has 0 fully saturated rings. The molecule has 2 aliphatic rings. The van der Waals surface area contributed by atoms with Crippen LogP contribution in [0.3, 0.4) is 0 Å². The number of carbonyl (C=O) groups is 1. The summed E-state index contributed by atoms with van der Waals surface area (Å²) in [6.07, 6.45) is 6.05. The van der Waals surface area contributed by atoms with Crippen LogP contribution in [0.2, 0.25) is 5.15 Å². The number of aliphatic hydroxyl groups excluding tert-OH is 1. The number of nitrogens with one attached hydrogen (secondary N) is 1. The van der Waals surface area contributed by atoms with Gasteiger partial charge >= 0.3 is 5.97 Å². The van der Waals surface area contributed by atoms with Crippen molar-refractivity contribution in [2.45, 2.75) is 12.8 Å². The van der Waals surface area contributed by atoms with Gasteiger partial charge in [0, 0.05) is 18.9 Å². The fraction of sp³-hybridized carbons (Fsp3) is 0.200. The zero-order chi connectivity index (χ0) is 15.7. The van der Waals surface area contributed by atoms with Crippen LogP contribution in [0.4, 0.5) is 0 Å². The summed E-state index contributed by atoms with van der Waals surface area (Å²) in [4.78, 5) is 17.8. The van der Waals surface area contributed by atoms with Gasteiger partial charge in [-0.1, -0.05) is 17.7 Å². The van der Waals surface area contributed by atoms with E-state index in [4.69, 9.17) is 16.3 Å². The topological polar surface area (TPSA) is 74.7 Å². The van der Waals surface area contributed by atoms with E-state index in [0.29, 0.717) is 23.1 Å². The Balaban J connectivity index is 1.95. The second-order valence-corrected chi connectivity index (χ2v) is 5.23. The van der Waals surface area contributed by atoms with E-state index in [9.17, 15) is 9.90 Å². The van der Waals surface area contributed by atoms with Crippen molar-refractivity contribution in [3.8, 4) is 0 Å². The normalized spacial score (nSPS) is 19.7. The predicted octanol–water partition coefficient (Wildman–Crippen LogP) is 1.30. The van der Waals surface area contributed by atoms with Gasteiger partial charge in [-0.15, -0.1) is 0 Å². The van der Waals surface area contributed by atoms with Gasteiger partial charge in [0.15, 0.2) is 6.23 Å². The number of carbonyl (C=O) groups excluding carboxylic acids is 1. The number of fused-ring (bicyclic) bond motifs is 1. The Bertz CT molecular complexity index is 694. The quantitative estimate of drug-likeness (QED) is 0.646. The second-order valence-electron chi connectivity index (χ2n) is 4.84. The van der Waals surface area contributed by atoms with Gasteiger partial charge in [0.25, 0.3) is 0 Å². The summed E-state index contributed by atoms with van der Waals surface area (Å²) >= 11 is 5.78. The molecule has 0 radical (unpaired) electrons. The van der Waals surface area contributed by atoms with E-state index in [0.717, 1.165) is 5.56 Å². The minimum atomic E-state index is -1.08. The summed E-state index contributed by atoms with van der Waals surface area (Å²) in [5.41, 5.74) is 2.41. The predicted molar refractivity (Wildman–Crippen MR) is 80.2 cm³/mol. The summed E-state index contributed by atoms with van der Waals surface area (Å²) in [7, 11) is 1.29. The minimum Gasteiger partial charge on any atom is -0.465 e. The first-order valence-corrected chi connectivity index (χ1v) is 7.01. The van der Waals surface area contributed by atoms with Gasteiger partial charge in [0.2, 0.25) is 0 Å². The lowest BCUT2D eigenvalue weighted by Crippen LogP contribution is -2.26. The van der Waals surface area contributed by atoms with Crippen molar-refractivity contribution >= 4 is 17.6 Å². The zero-order valence-electron chi connectivity index (χ0n) is 11.8. The van der Waals surface area contributed by atoms with Crippen molar-refractivity contribution in [1.82, 2.24) is 15.2 Å². The number of allylic oxidation sites excluding steroid dienone is 2. The average Bonchev–Trinajstić information content (AvgIpc) is 2.86. The van der Waals surface area contributed by atoms with Gasteiger partial charge in [-0.3, -0.25) is 0 Å². The van der Waals surface area contributed by atoms with Crippen molar-refractivity contribution < 1.29 is 14.6 Å². The fourth-order valence-electron chi connectivity index (χ4n) is 2.46. The molecule has 0 saturated heterocycles. The third kappa shape index (κ3) is 2.58. The van der Waals surface area contributed by atoms with E-state index in [2.05, 4.69) is 10.3 Å². The van der Waals surface area contributed by atoms with E-state index in [-0.39, 0.29) is 5.57 Å². The van der Waals surface area contributed by atoms with Gasteiger partial charge in [0.1, 0.15) is 10.7 Å². The van der Waals surface area contributed by atoms with Crippen LogP contribution in [-0.4, -0.2) is 34.3 Å². The summed E-state index contributed by atoms with van der Waals surface area (Å²) in [5.74, 6) is -0.562. The van der Waals surface area contributed by atoms with Crippen LogP contribution in [0.1, 0.15) is 5.56 Å². The van der Waals surface area contributed by atoms with E-state index in [1.165, 1.54) is 7.11 Å². The van der Waals surface area contributed by atoms with Crippen LogP contribution in [0.25, 0.3) is 0 Å². The number of aromatic nitrogens is 1. The maximum Gasteiger partial charge on any atom is 0.340 e. The SMILES string of the molecule is COC(=O)C1=C2C(=CC=CN2Cc2ccc(Cl)nc2)NC1O. The molecule has 1 aromatic rings. The Morgan fingerprint density at radius 2 is 2.36 bits per heavy atom. The smallest absolute Gasteiger partial charge is 0.340 e. The third-order valence-electron chi connectivity index (χ3n) is 3.44. The van der Waals surface area contributed by atoms with Gasteiger partial charge < -0.3 is 20.1 Å². The first-order chi connectivity index (χ1) is 10.6. The highest BCUT2D eigenvalue weighted by molar-refractivity contribution is 6.29. The number of methoxy groups -OCH3 is 1. The van der Waals surface area contributed by atoms with E-state index < -0.39 is 12.2 Å². The zero-order valence-corrected chi connectivity index (χ0v) is 12.5. The molecule has 0 aromatic carbocycles. The Morgan fingerprint density at radius 3 is 3.05 bits per heavy atom. The van der Waals surface area contributed by atoms with Crippen LogP contribution in [0, 0.1) is 0 Å². The lowest BCUT2D eigenvalue weighted by atomic mass is 10.1. The summed E-state index contributed by atoms with van der Waals surface area (Å²) in [6.45, 7) is 0.488. The van der Waals surface area contributed by atoms with Crippen LogP contribution in [-0.2, 0) is 16.1 Å². The van der Waals surface area contributed by atoms with Crippen LogP contribution < -0.4 is 5.32 Å². The number of hydrogen-bond acceptors (Lipinski definition) is 6. The maximum absolute atomic E-state index is 11.9. The van der Waals surface area contributed by atoms with Crippen molar-refractivity contribution in [2.24, 2.45) is 0 Å². The van der Waals surface area contributed by atoms with Crippen molar-refractivity contribution in [2.75, 3.05) is 7.11 Å². The molecule has 3 rings (SSSR count). The molecule has 2 N–H and O–H groups in total. The number of esters is 1. The monoisotopic (exact) mass is 319 g/mol. The molecule has 22 heavy (non-hydrogen) atoms. The van der Waals surface area contributed by atoms with Gasteiger partial charge in [-0.05, 0) is 23.8 Å². The molecule has 0 saturated carbocycles. The van der Waals surface area contributed by atoms with E-state index in [1.54, 1.807) is 18.3 Å². The number of aliphatic hydroxyl groups is 1. The number of halogens is 1. The first kappa shape index (κ1) is 14.6. The Morgan fingerprint density at radius 1 is 1.55 bits per heavy atom. The standard InChI is InChI=1S/C15H14ClN3O3/c1-22-15(21)12-13-10(18-14(12)20)3-2-6-19(13)8-9-4-5-11(16)17-7-9/h2-7,14,18,20H,8H2,1H3. The van der Waals surface area contributed by atoms with E-state index in [1.807, 2.05) is 23.2 Å². The molecule has 1 unspecified atom stereocenters. The number of hydrogen-bond donors (Lipinski definition) is 2. The molecule has 0 bridgehead atoms. The molecule has 3 heterocycles. The minimum absolute atomic E-state index is 0.194. The summed E-state index contributed by atoms with van der Waals surface area (Å²) < 4.78 is 4.76. The largest absolute Gasteiger partial charge is 0.465 e. The molecule has 0 amide bonds. The van der Waals surface area contributed by atoms with E-state index >= 15 is 0 Å². The third-order valence-corrected chi connectivity index (χ3v) is 3.66. The highest BCUT2D eigenvalue weighted by atomic mass is 35.5. The molecule has 7 heteroatoms. The van der Waals surface area contributed by atoms with Crippen LogP contribution >= 0.6 is 11.6 Å². The van der Waals surface area contributed by atoms with Crippen molar-refractivity contribution in [3.05, 3.63) is 64.4 Å². The van der Waals surface area contributed by atoms with Gasteiger partial charge in [-0.25, -0.2) is 9.78 Å². The molecule has 0 spiro atoms. The Hall–Kier alpha value is -2.31. The summed E-state index contributed by atoms with van der Waals surface area (Å²) in [6, 6.07) is 3.57. The molecule has 0 aliphatic carbocycles. The number of pyridine rings is 1. The molecule has 1 aromatic heterocycles. The van der Waals surface area contributed by atoms with Gasteiger partial charge in [-0.2, -0.15) is 0 Å². The average molecular weight is 320 g/mol. The number of rotatable bonds is 3.